The molecule has 0 bridgehead atoms. The lowest BCUT2D eigenvalue weighted by Crippen LogP contribution is -2.67. The summed E-state index contributed by atoms with van der Waals surface area (Å²) in [6.07, 6.45) is 4.60. The van der Waals surface area contributed by atoms with Crippen molar-refractivity contribution in [3.8, 4) is 0 Å². The molecule has 3 heterocycles. The number of sulfonamides is 1. The molecule has 9 nitrogen and oxygen atoms in total. The summed E-state index contributed by atoms with van der Waals surface area (Å²) in [5, 5.41) is 13.8. The molecule has 164 valence electrons. The summed E-state index contributed by atoms with van der Waals surface area (Å²) in [5.41, 5.74) is 1.30. The van der Waals surface area contributed by atoms with Crippen molar-refractivity contribution in [2.45, 2.75) is 48.3 Å². The Hall–Kier alpha value is -2.46. The quantitative estimate of drug-likeness (QED) is 0.746. The third-order valence-electron chi connectivity index (χ3n) is 7.39. The zero-order chi connectivity index (χ0) is 21.4. The maximum absolute atomic E-state index is 12.8. The number of rotatable bonds is 4. The lowest BCUT2D eigenvalue weighted by atomic mass is 9.57. The van der Waals surface area contributed by atoms with Crippen molar-refractivity contribution in [2.24, 2.45) is 10.6 Å². The number of nitrogens with zero attached hydrogens (tertiary/aromatic N) is 4. The van der Waals surface area contributed by atoms with Gasteiger partial charge in [0.25, 0.3) is 0 Å². The number of hydrogen-bond donors (Lipinski definition) is 2. The van der Waals surface area contributed by atoms with Crippen molar-refractivity contribution in [1.82, 2.24) is 25.0 Å². The van der Waals surface area contributed by atoms with Crippen LogP contribution in [0.1, 0.15) is 60.6 Å². The predicted molar refractivity (Wildman–Crippen MR) is 112 cm³/mol. The highest BCUT2D eigenvalue weighted by atomic mass is 32.2. The van der Waals surface area contributed by atoms with Gasteiger partial charge in [-0.3, -0.25) is 0 Å². The van der Waals surface area contributed by atoms with Crippen molar-refractivity contribution < 1.29 is 13.2 Å². The molecule has 2 saturated heterocycles. The molecule has 1 aromatic carbocycles. The second-order valence-electron chi connectivity index (χ2n) is 9.83. The Bertz CT molecular complexity index is 1120. The molecule has 0 radical (unpaired) electrons. The number of nitrogens with one attached hydrogen (secondary N) is 1. The Balaban J connectivity index is 0.979. The summed E-state index contributed by atoms with van der Waals surface area (Å²) >= 11 is 0. The van der Waals surface area contributed by atoms with E-state index in [0.717, 1.165) is 43.1 Å². The Labute approximate surface area is 181 Å². The molecule has 2 amide bonds. The van der Waals surface area contributed by atoms with Gasteiger partial charge in [-0.15, -0.1) is 10.2 Å². The van der Waals surface area contributed by atoms with Gasteiger partial charge in [0.1, 0.15) is 11.6 Å². The number of carbonyl (C=O) groups excluding carboxylic acids is 1. The highest BCUT2D eigenvalue weighted by Gasteiger charge is 2.56. The number of H-pyrrole nitrogens is 1. The zero-order valence-electron chi connectivity index (χ0n) is 17.2. The number of carbonyl (C=O) groups is 1. The van der Waals surface area contributed by atoms with Crippen LogP contribution in [-0.2, 0) is 10.0 Å². The summed E-state index contributed by atoms with van der Waals surface area (Å²) in [6, 6.07) is 6.75. The highest BCUT2D eigenvalue weighted by Crippen LogP contribution is 2.56. The third-order valence-corrected chi connectivity index (χ3v) is 8.32. The van der Waals surface area contributed by atoms with E-state index in [1.807, 2.05) is 9.80 Å². The van der Waals surface area contributed by atoms with E-state index in [9.17, 15) is 13.2 Å². The number of nitrogens with two attached hydrogens (primary N) is 1. The molecular weight excluding hydrogens is 416 g/mol. The van der Waals surface area contributed by atoms with Crippen LogP contribution in [0, 0.1) is 5.41 Å². The molecular formula is C21H26N6O3S. The van der Waals surface area contributed by atoms with Gasteiger partial charge in [-0.05, 0) is 43.4 Å². The van der Waals surface area contributed by atoms with Crippen molar-refractivity contribution >= 4 is 16.1 Å². The molecule has 3 N–H and O–H groups in total. The minimum Gasteiger partial charge on any atom is -0.328 e. The lowest BCUT2D eigenvalue weighted by molar-refractivity contribution is -0.0601. The summed E-state index contributed by atoms with van der Waals surface area (Å²) < 4.78 is 22.8. The molecule has 2 aliphatic heterocycles. The average Bonchev–Trinajstić information content (AvgIpc) is 3.36. The number of benzene rings is 1. The fraction of sp³-hybridized carbons (Fsp3) is 0.571. The van der Waals surface area contributed by atoms with Gasteiger partial charge >= 0.3 is 6.03 Å². The predicted octanol–water partition coefficient (Wildman–Crippen LogP) is 1.73. The number of aromatic nitrogens is 3. The molecule has 6 rings (SSSR count). The number of likely N-dealkylation sites (tertiary alicyclic amines) is 2. The van der Waals surface area contributed by atoms with Crippen molar-refractivity contribution in [1.29, 1.82) is 0 Å². The summed E-state index contributed by atoms with van der Waals surface area (Å²) in [6.45, 7) is 3.00. The summed E-state index contributed by atoms with van der Waals surface area (Å²) in [5.74, 6) is 3.36. The van der Waals surface area contributed by atoms with Gasteiger partial charge in [-0.1, -0.05) is 12.1 Å². The largest absolute Gasteiger partial charge is 0.328 e. The number of aromatic amines is 1. The molecule has 1 spiro atoms. The van der Waals surface area contributed by atoms with Gasteiger partial charge in [0.05, 0.1) is 4.90 Å². The van der Waals surface area contributed by atoms with Crippen LogP contribution in [-0.4, -0.2) is 65.6 Å². The van der Waals surface area contributed by atoms with E-state index in [0.29, 0.717) is 24.9 Å². The van der Waals surface area contributed by atoms with Gasteiger partial charge in [-0.25, -0.2) is 18.4 Å². The number of urea groups is 1. The van der Waals surface area contributed by atoms with Crippen LogP contribution in [0.25, 0.3) is 0 Å². The molecule has 31 heavy (non-hydrogen) atoms. The minimum absolute atomic E-state index is 0.113. The molecule has 1 aromatic heterocycles. The number of amides is 2. The first-order chi connectivity index (χ1) is 14.8. The molecule has 0 atom stereocenters. The van der Waals surface area contributed by atoms with E-state index in [1.165, 1.54) is 25.0 Å². The number of hydrogen-bond acceptors (Lipinski definition) is 5. The third kappa shape index (κ3) is 3.32. The lowest BCUT2D eigenvalue weighted by Gasteiger charge is -2.59. The van der Waals surface area contributed by atoms with Gasteiger partial charge in [-0.2, -0.15) is 0 Å². The van der Waals surface area contributed by atoms with Crippen LogP contribution in [0.4, 0.5) is 4.79 Å². The molecule has 2 aromatic rings. The second kappa shape index (κ2) is 6.52. The van der Waals surface area contributed by atoms with E-state index < -0.39 is 10.0 Å². The van der Waals surface area contributed by atoms with Crippen LogP contribution >= 0.6 is 0 Å². The maximum atomic E-state index is 12.8. The first-order valence-electron chi connectivity index (χ1n) is 10.9. The standard InChI is InChI=1S/C21H26N6O3S/c22-31(29,30)17-5-3-13(4-6-17)16-9-26(10-16)20(28)27-11-21(12-27)7-15(8-21)19-23-18(24-25-19)14-1-2-14/h3-6,14-16H,1-2,7-12H2,(H2,22,29,30)(H,23,24,25). The second-order valence-corrected chi connectivity index (χ2v) is 11.4. The van der Waals surface area contributed by atoms with Crippen LogP contribution < -0.4 is 5.14 Å². The monoisotopic (exact) mass is 442 g/mol. The SMILES string of the molecule is NS(=O)(=O)c1ccc(C2CN(C(=O)N3CC4(CC(c5nnc(C6CC6)[nH]5)C4)C3)C2)cc1. The first kappa shape index (κ1) is 19.2. The number of primary sulfonamides is 1. The topological polar surface area (TPSA) is 125 Å². The highest BCUT2D eigenvalue weighted by molar-refractivity contribution is 7.89. The molecule has 2 saturated carbocycles. The van der Waals surface area contributed by atoms with Gasteiger partial charge in [0.15, 0.2) is 0 Å². The van der Waals surface area contributed by atoms with E-state index in [-0.39, 0.29) is 22.3 Å². The molecule has 10 heteroatoms. The molecule has 4 fully saturated rings. The zero-order valence-corrected chi connectivity index (χ0v) is 18.0. The van der Waals surface area contributed by atoms with Gasteiger partial charge in [0, 0.05) is 49.3 Å². The van der Waals surface area contributed by atoms with Gasteiger partial charge in [0.2, 0.25) is 10.0 Å². The smallest absolute Gasteiger partial charge is 0.320 e. The van der Waals surface area contributed by atoms with Crippen LogP contribution in [0.15, 0.2) is 29.2 Å². The van der Waals surface area contributed by atoms with E-state index in [4.69, 9.17) is 5.14 Å². The van der Waals surface area contributed by atoms with E-state index >= 15 is 0 Å². The van der Waals surface area contributed by atoms with E-state index in [2.05, 4.69) is 15.2 Å². The van der Waals surface area contributed by atoms with Crippen LogP contribution in [0.5, 0.6) is 0 Å². The van der Waals surface area contributed by atoms with Crippen LogP contribution in [0.2, 0.25) is 0 Å². The van der Waals surface area contributed by atoms with Crippen molar-refractivity contribution in [3.05, 3.63) is 41.5 Å². The Morgan fingerprint density at radius 1 is 0.968 bits per heavy atom. The molecule has 4 aliphatic rings. The fourth-order valence-electron chi connectivity index (χ4n) is 5.32. The van der Waals surface area contributed by atoms with Crippen molar-refractivity contribution in [2.75, 3.05) is 26.2 Å². The fourth-order valence-corrected chi connectivity index (χ4v) is 5.84. The maximum Gasteiger partial charge on any atom is 0.320 e. The van der Waals surface area contributed by atoms with Crippen molar-refractivity contribution in [3.63, 3.8) is 0 Å². The minimum atomic E-state index is -3.68. The van der Waals surface area contributed by atoms with E-state index in [1.54, 1.807) is 12.1 Å². The van der Waals surface area contributed by atoms with Crippen LogP contribution in [0.3, 0.4) is 0 Å². The summed E-state index contributed by atoms with van der Waals surface area (Å²) in [7, 11) is -3.68. The Morgan fingerprint density at radius 2 is 1.58 bits per heavy atom. The molecule has 0 unspecified atom stereocenters. The first-order valence-corrected chi connectivity index (χ1v) is 12.4. The van der Waals surface area contributed by atoms with Gasteiger partial charge < -0.3 is 14.8 Å². The Morgan fingerprint density at radius 3 is 2.16 bits per heavy atom. The average molecular weight is 443 g/mol. The normalized spacial score (nSPS) is 23.4. The molecule has 2 aliphatic carbocycles. The Kier molecular flexibility index (Phi) is 4.05. The summed E-state index contributed by atoms with van der Waals surface area (Å²) in [4.78, 5) is 20.1.